The van der Waals surface area contributed by atoms with Gasteiger partial charge in [0, 0.05) is 40.3 Å². The molecule has 2 N–H and O–H groups in total. The van der Waals surface area contributed by atoms with Crippen molar-refractivity contribution in [3.05, 3.63) is 95.7 Å². The highest BCUT2D eigenvalue weighted by Gasteiger charge is 2.21. The average Bonchev–Trinajstić information content (AvgIpc) is 3.59. The van der Waals surface area contributed by atoms with Gasteiger partial charge in [0.2, 0.25) is 0 Å². The summed E-state index contributed by atoms with van der Waals surface area (Å²) < 4.78 is 15.3. The molecule has 0 saturated heterocycles. The highest BCUT2D eigenvalue weighted by Crippen LogP contribution is 2.33. The smallest absolute Gasteiger partial charge is 0.255 e. The molecule has 0 bridgehead atoms. The van der Waals surface area contributed by atoms with E-state index in [-0.39, 0.29) is 23.7 Å². The van der Waals surface area contributed by atoms with E-state index in [2.05, 4.69) is 49.9 Å². The summed E-state index contributed by atoms with van der Waals surface area (Å²) in [6.07, 6.45) is 10.7. The molecular weight excluding hydrogens is 511 g/mol. The zero-order valence-corrected chi connectivity index (χ0v) is 22.4. The standard InChI is InChI=1S/C30H27FN6OS/c1-18(19-5-8-21(31)9-6-19)36-30(38)23-4-3-13-32-29(23)34-15-22-10-12-27(39-22)20-7-11-25-24(14-20)28-26(16-33-25)35-17-37(28)2/h3-5,7-14,16-19H,6,15H2,1-2H3,(H,32,34)(H,36,38)/t18-,19?/m0/s1. The molecule has 9 heteroatoms. The first-order valence-electron chi connectivity index (χ1n) is 12.8. The highest BCUT2D eigenvalue weighted by atomic mass is 32.1. The third-order valence-electron chi connectivity index (χ3n) is 7.06. The average molecular weight is 539 g/mol. The lowest BCUT2D eigenvalue weighted by atomic mass is 9.93. The zero-order chi connectivity index (χ0) is 26.9. The lowest BCUT2D eigenvalue weighted by Gasteiger charge is -2.23. The molecule has 0 aliphatic heterocycles. The Kier molecular flexibility index (Phi) is 6.66. The Labute approximate surface area is 229 Å². The van der Waals surface area contributed by atoms with Gasteiger partial charge in [0.05, 0.1) is 35.7 Å². The van der Waals surface area contributed by atoms with Crippen LogP contribution in [0.25, 0.3) is 32.4 Å². The van der Waals surface area contributed by atoms with E-state index < -0.39 is 0 Å². The van der Waals surface area contributed by atoms with Crippen LogP contribution in [0, 0.1) is 5.92 Å². The number of pyridine rings is 2. The van der Waals surface area contributed by atoms with Gasteiger partial charge in [-0.25, -0.2) is 14.4 Å². The zero-order valence-electron chi connectivity index (χ0n) is 21.6. The van der Waals surface area contributed by atoms with E-state index in [4.69, 9.17) is 0 Å². The van der Waals surface area contributed by atoms with Crippen molar-refractivity contribution in [3.8, 4) is 10.4 Å². The number of benzene rings is 1. The molecule has 0 saturated carbocycles. The molecule has 4 aromatic heterocycles. The van der Waals surface area contributed by atoms with Crippen LogP contribution in [0.2, 0.25) is 0 Å². The molecule has 1 aliphatic carbocycles. The Bertz CT molecular complexity index is 1750. The SMILES string of the molecule is C[C@H](NC(=O)c1cccnc1NCc1ccc(-c2ccc3ncc4ncn(C)c4c3c2)s1)C1C=CC(F)=CC1. The van der Waals surface area contributed by atoms with E-state index in [1.807, 2.05) is 43.2 Å². The second kappa shape index (κ2) is 10.4. The maximum absolute atomic E-state index is 13.3. The first kappa shape index (κ1) is 24.9. The lowest BCUT2D eigenvalue weighted by Crippen LogP contribution is -2.38. The molecule has 39 heavy (non-hydrogen) atoms. The second-order valence-electron chi connectivity index (χ2n) is 9.71. The fraction of sp³-hybridized carbons (Fsp3) is 0.200. The van der Waals surface area contributed by atoms with Crippen LogP contribution >= 0.6 is 11.3 Å². The molecule has 7 nitrogen and oxygen atoms in total. The number of carbonyl (C=O) groups excluding carboxylic acids is 1. The van der Waals surface area contributed by atoms with Crippen molar-refractivity contribution in [1.29, 1.82) is 0 Å². The van der Waals surface area contributed by atoms with E-state index in [9.17, 15) is 9.18 Å². The molecule has 1 aliphatic rings. The predicted molar refractivity (Wildman–Crippen MR) is 154 cm³/mol. The molecule has 0 radical (unpaired) electrons. The molecular formula is C30H27FN6OS. The fourth-order valence-corrected chi connectivity index (χ4v) is 5.84. The van der Waals surface area contributed by atoms with E-state index in [0.29, 0.717) is 24.3 Å². The third-order valence-corrected chi connectivity index (χ3v) is 8.19. The van der Waals surface area contributed by atoms with E-state index in [1.54, 1.807) is 35.7 Å². The molecule has 0 fully saturated rings. The van der Waals surface area contributed by atoms with Gasteiger partial charge < -0.3 is 15.2 Å². The number of carbonyl (C=O) groups is 1. The van der Waals surface area contributed by atoms with E-state index in [1.165, 1.54) is 6.08 Å². The van der Waals surface area contributed by atoms with Gasteiger partial charge in [-0.3, -0.25) is 9.78 Å². The number of amides is 1. The Morgan fingerprint density at radius 1 is 1.18 bits per heavy atom. The molecule has 2 atom stereocenters. The summed E-state index contributed by atoms with van der Waals surface area (Å²) in [5.74, 6) is 0.131. The van der Waals surface area contributed by atoms with Gasteiger partial charge in [-0.2, -0.15) is 0 Å². The number of thiophene rings is 1. The van der Waals surface area contributed by atoms with E-state index in [0.717, 1.165) is 37.3 Å². The monoisotopic (exact) mass is 538 g/mol. The highest BCUT2D eigenvalue weighted by molar-refractivity contribution is 7.15. The van der Waals surface area contributed by atoms with Gasteiger partial charge in [-0.15, -0.1) is 11.3 Å². The normalized spacial score (nSPS) is 15.9. The van der Waals surface area contributed by atoms with Gasteiger partial charge >= 0.3 is 0 Å². The summed E-state index contributed by atoms with van der Waals surface area (Å²) in [7, 11) is 1.99. The van der Waals surface area contributed by atoms with Crippen molar-refractivity contribution in [2.45, 2.75) is 25.9 Å². The Balaban J connectivity index is 1.16. The number of nitrogens with one attached hydrogen (secondary N) is 2. The van der Waals surface area contributed by atoms with Crippen LogP contribution in [0.5, 0.6) is 0 Å². The van der Waals surface area contributed by atoms with Gasteiger partial charge in [-0.1, -0.05) is 12.1 Å². The fourth-order valence-electron chi connectivity index (χ4n) is 4.89. The number of rotatable bonds is 7. The number of nitrogens with zero attached hydrogens (tertiary/aromatic N) is 4. The number of fused-ring (bicyclic) bond motifs is 3. The number of hydrogen-bond acceptors (Lipinski definition) is 6. The summed E-state index contributed by atoms with van der Waals surface area (Å²) in [6.45, 7) is 2.47. The molecule has 6 rings (SSSR count). The van der Waals surface area contributed by atoms with Crippen molar-refractivity contribution < 1.29 is 9.18 Å². The number of imidazole rings is 1. The topological polar surface area (TPSA) is 84.7 Å². The second-order valence-corrected chi connectivity index (χ2v) is 10.9. The minimum absolute atomic E-state index is 0.0472. The van der Waals surface area contributed by atoms with Crippen LogP contribution in [-0.4, -0.2) is 31.5 Å². The van der Waals surface area contributed by atoms with Gasteiger partial charge in [0.1, 0.15) is 17.2 Å². The van der Waals surface area contributed by atoms with Crippen LogP contribution in [-0.2, 0) is 13.6 Å². The van der Waals surface area contributed by atoms with E-state index >= 15 is 0 Å². The predicted octanol–water partition coefficient (Wildman–Crippen LogP) is 6.40. The summed E-state index contributed by atoms with van der Waals surface area (Å²) in [4.78, 5) is 28.7. The van der Waals surface area contributed by atoms with Crippen molar-refractivity contribution in [1.82, 2.24) is 24.8 Å². The van der Waals surface area contributed by atoms with Gasteiger partial charge in [0.25, 0.3) is 5.91 Å². The number of halogens is 1. The number of aryl methyl sites for hydroxylation is 1. The Morgan fingerprint density at radius 2 is 2.08 bits per heavy atom. The molecule has 5 aromatic rings. The first-order chi connectivity index (χ1) is 19.0. The molecule has 1 amide bonds. The number of anilines is 1. The first-order valence-corrected chi connectivity index (χ1v) is 13.6. The van der Waals surface area contributed by atoms with Crippen LogP contribution in [0.3, 0.4) is 0 Å². The minimum Gasteiger partial charge on any atom is -0.365 e. The summed E-state index contributed by atoms with van der Waals surface area (Å²) >= 11 is 1.69. The van der Waals surface area contributed by atoms with Gasteiger partial charge in [0.15, 0.2) is 0 Å². The largest absolute Gasteiger partial charge is 0.365 e. The minimum atomic E-state index is -0.233. The molecule has 1 unspecified atom stereocenters. The van der Waals surface area contributed by atoms with Crippen LogP contribution in [0.1, 0.15) is 28.6 Å². The maximum atomic E-state index is 13.3. The van der Waals surface area contributed by atoms with Crippen LogP contribution in [0.4, 0.5) is 10.2 Å². The molecule has 4 heterocycles. The van der Waals surface area contributed by atoms with Gasteiger partial charge in [-0.05, 0) is 67.5 Å². The van der Waals surface area contributed by atoms with Crippen LogP contribution in [0.15, 0.2) is 85.2 Å². The molecule has 196 valence electrons. The summed E-state index contributed by atoms with van der Waals surface area (Å²) in [5, 5.41) is 7.45. The Morgan fingerprint density at radius 3 is 2.92 bits per heavy atom. The number of allylic oxidation sites excluding steroid dienone is 3. The lowest BCUT2D eigenvalue weighted by molar-refractivity contribution is 0.0932. The Hall–Kier alpha value is -4.37. The van der Waals surface area contributed by atoms with Crippen LogP contribution < -0.4 is 10.6 Å². The number of hydrogen-bond donors (Lipinski definition) is 2. The molecule has 0 spiro atoms. The van der Waals surface area contributed by atoms with Crippen molar-refractivity contribution in [2.24, 2.45) is 13.0 Å². The summed E-state index contributed by atoms with van der Waals surface area (Å²) in [6, 6.07) is 13.9. The van der Waals surface area contributed by atoms with Crippen molar-refractivity contribution >= 4 is 45.0 Å². The summed E-state index contributed by atoms with van der Waals surface area (Å²) in [5.41, 5.74) is 4.48. The maximum Gasteiger partial charge on any atom is 0.255 e. The third kappa shape index (κ3) is 5.05. The molecule has 1 aromatic carbocycles. The van der Waals surface area contributed by atoms with Crippen molar-refractivity contribution in [2.75, 3.05) is 5.32 Å². The quantitative estimate of drug-likeness (QED) is 0.250. The number of aromatic nitrogens is 4. The van der Waals surface area contributed by atoms with Crippen molar-refractivity contribution in [3.63, 3.8) is 0 Å².